The van der Waals surface area contributed by atoms with Crippen LogP contribution in [0.2, 0.25) is 5.02 Å². The van der Waals surface area contributed by atoms with Gasteiger partial charge in [-0.05, 0) is 23.3 Å². The minimum atomic E-state index is -0.189. The highest BCUT2D eigenvalue weighted by Crippen LogP contribution is 2.09. The summed E-state index contributed by atoms with van der Waals surface area (Å²) in [7, 11) is 0. The van der Waals surface area contributed by atoms with Crippen molar-refractivity contribution in [2.45, 2.75) is 20.0 Å². The van der Waals surface area contributed by atoms with Crippen molar-refractivity contribution in [1.82, 2.24) is 10.2 Å². The molecule has 0 radical (unpaired) electrons. The van der Waals surface area contributed by atoms with Crippen LogP contribution in [0.15, 0.2) is 54.6 Å². The van der Waals surface area contributed by atoms with Gasteiger partial charge in [-0.1, -0.05) is 54.1 Å². The van der Waals surface area contributed by atoms with Gasteiger partial charge in [-0.25, -0.2) is 0 Å². The zero-order valence-electron chi connectivity index (χ0n) is 13.0. The lowest BCUT2D eigenvalue weighted by atomic mass is 10.2. The van der Waals surface area contributed by atoms with Crippen LogP contribution < -0.4 is 5.32 Å². The van der Waals surface area contributed by atoms with Gasteiger partial charge in [-0.2, -0.15) is 0 Å². The number of halogens is 1. The molecule has 2 rings (SSSR count). The smallest absolute Gasteiger partial charge is 0.239 e. The van der Waals surface area contributed by atoms with E-state index in [9.17, 15) is 9.59 Å². The Kier molecular flexibility index (Phi) is 6.18. The number of nitrogens with one attached hydrogen (secondary N) is 1. The zero-order valence-corrected chi connectivity index (χ0v) is 13.7. The Morgan fingerprint density at radius 1 is 1.00 bits per heavy atom. The topological polar surface area (TPSA) is 49.4 Å². The fourth-order valence-electron chi connectivity index (χ4n) is 2.11. The molecule has 0 spiro atoms. The largest absolute Gasteiger partial charge is 0.350 e. The summed E-state index contributed by atoms with van der Waals surface area (Å²) in [4.78, 5) is 25.3. The average Bonchev–Trinajstić information content (AvgIpc) is 2.54. The van der Waals surface area contributed by atoms with Gasteiger partial charge in [0.05, 0.1) is 6.54 Å². The van der Waals surface area contributed by atoms with Crippen molar-refractivity contribution in [3.63, 3.8) is 0 Å². The maximum atomic E-state index is 12.1. The fraction of sp³-hybridized carbons (Fsp3) is 0.222. The molecule has 5 heteroatoms. The molecule has 4 nitrogen and oxygen atoms in total. The van der Waals surface area contributed by atoms with Crippen molar-refractivity contribution in [1.29, 1.82) is 0 Å². The van der Waals surface area contributed by atoms with E-state index < -0.39 is 0 Å². The average molecular weight is 331 g/mol. The first-order valence-corrected chi connectivity index (χ1v) is 7.73. The minimum absolute atomic E-state index is 0.0395. The molecule has 2 amide bonds. The fourth-order valence-corrected chi connectivity index (χ4v) is 2.24. The molecule has 23 heavy (non-hydrogen) atoms. The number of amides is 2. The molecule has 0 saturated heterocycles. The van der Waals surface area contributed by atoms with E-state index >= 15 is 0 Å². The Labute approximate surface area is 141 Å². The van der Waals surface area contributed by atoms with Gasteiger partial charge in [-0.3, -0.25) is 9.59 Å². The Morgan fingerprint density at radius 3 is 2.26 bits per heavy atom. The second-order valence-corrected chi connectivity index (χ2v) is 5.70. The molecule has 0 fully saturated rings. The van der Waals surface area contributed by atoms with Crippen molar-refractivity contribution in [3.8, 4) is 0 Å². The normalized spacial score (nSPS) is 10.2. The molecule has 2 aromatic rings. The summed E-state index contributed by atoms with van der Waals surface area (Å²) in [6.07, 6.45) is 0. The Morgan fingerprint density at radius 2 is 1.65 bits per heavy atom. The lowest BCUT2D eigenvalue weighted by molar-refractivity contribution is -0.135. The molecule has 0 aliphatic heterocycles. The van der Waals surface area contributed by atoms with E-state index in [1.807, 2.05) is 42.5 Å². The summed E-state index contributed by atoms with van der Waals surface area (Å²) in [5.41, 5.74) is 1.95. The third kappa shape index (κ3) is 5.75. The molecule has 0 aromatic heterocycles. The van der Waals surface area contributed by atoms with Crippen molar-refractivity contribution in [3.05, 3.63) is 70.7 Å². The lowest BCUT2D eigenvalue weighted by Gasteiger charge is -2.20. The van der Waals surface area contributed by atoms with Crippen LogP contribution >= 0.6 is 11.6 Å². The lowest BCUT2D eigenvalue weighted by Crippen LogP contribution is -2.39. The van der Waals surface area contributed by atoms with E-state index in [1.54, 1.807) is 12.1 Å². The van der Waals surface area contributed by atoms with Gasteiger partial charge < -0.3 is 10.2 Å². The maximum absolute atomic E-state index is 12.1. The Hall–Kier alpha value is -2.33. The van der Waals surface area contributed by atoms with Crippen LogP contribution in [0.5, 0.6) is 0 Å². The van der Waals surface area contributed by atoms with E-state index in [2.05, 4.69) is 5.32 Å². The molecular weight excluding hydrogens is 312 g/mol. The highest BCUT2D eigenvalue weighted by molar-refractivity contribution is 6.30. The van der Waals surface area contributed by atoms with E-state index in [4.69, 9.17) is 11.6 Å². The zero-order chi connectivity index (χ0) is 16.7. The van der Waals surface area contributed by atoms with Gasteiger partial charge >= 0.3 is 0 Å². The summed E-state index contributed by atoms with van der Waals surface area (Å²) < 4.78 is 0. The third-order valence-corrected chi connectivity index (χ3v) is 3.65. The van der Waals surface area contributed by atoms with Gasteiger partial charge in [-0.15, -0.1) is 0 Å². The molecule has 0 heterocycles. The van der Waals surface area contributed by atoms with Crippen molar-refractivity contribution in [2.75, 3.05) is 6.54 Å². The summed E-state index contributed by atoms with van der Waals surface area (Å²) >= 11 is 5.82. The highest BCUT2D eigenvalue weighted by Gasteiger charge is 2.13. The van der Waals surface area contributed by atoms with Gasteiger partial charge in [0.1, 0.15) is 0 Å². The number of nitrogens with zero attached hydrogens (tertiary/aromatic N) is 1. The summed E-state index contributed by atoms with van der Waals surface area (Å²) in [6, 6.07) is 16.9. The quantitative estimate of drug-likeness (QED) is 0.885. The van der Waals surface area contributed by atoms with Crippen molar-refractivity contribution < 1.29 is 9.59 Å². The number of carbonyl (C=O) groups excluding carboxylic acids is 2. The van der Waals surface area contributed by atoms with Crippen LogP contribution in [0.1, 0.15) is 18.1 Å². The first-order chi connectivity index (χ1) is 11.0. The second-order valence-electron chi connectivity index (χ2n) is 5.26. The summed E-state index contributed by atoms with van der Waals surface area (Å²) in [6.45, 7) is 2.34. The second kappa shape index (κ2) is 8.34. The number of rotatable bonds is 6. The highest BCUT2D eigenvalue weighted by atomic mass is 35.5. The molecule has 0 aliphatic carbocycles. The number of hydrogen-bond donors (Lipinski definition) is 1. The number of carbonyl (C=O) groups is 2. The molecule has 120 valence electrons. The molecule has 2 aromatic carbocycles. The van der Waals surface area contributed by atoms with E-state index in [-0.39, 0.29) is 18.4 Å². The van der Waals surface area contributed by atoms with Gasteiger partial charge in [0.2, 0.25) is 11.8 Å². The summed E-state index contributed by atoms with van der Waals surface area (Å²) in [5.74, 6) is -0.318. The predicted molar refractivity (Wildman–Crippen MR) is 90.8 cm³/mol. The van der Waals surface area contributed by atoms with Crippen LogP contribution in [-0.2, 0) is 22.7 Å². The summed E-state index contributed by atoms with van der Waals surface area (Å²) in [5, 5.41) is 3.47. The standard InChI is InChI=1S/C18H19ClN2O2/c1-14(22)21(12-16-5-3-2-4-6-16)13-18(23)20-11-15-7-9-17(19)10-8-15/h2-10H,11-13H2,1H3,(H,20,23). The number of hydrogen-bond acceptors (Lipinski definition) is 2. The molecular formula is C18H19ClN2O2. The molecule has 1 N–H and O–H groups in total. The molecule has 0 unspecified atom stereocenters. The van der Waals surface area contributed by atoms with Gasteiger partial charge in [0, 0.05) is 25.0 Å². The first kappa shape index (κ1) is 17.0. The van der Waals surface area contributed by atoms with Crippen LogP contribution in [0.4, 0.5) is 0 Å². The van der Waals surface area contributed by atoms with Gasteiger partial charge in [0.15, 0.2) is 0 Å². The maximum Gasteiger partial charge on any atom is 0.239 e. The van der Waals surface area contributed by atoms with Crippen molar-refractivity contribution >= 4 is 23.4 Å². The number of benzene rings is 2. The first-order valence-electron chi connectivity index (χ1n) is 7.35. The minimum Gasteiger partial charge on any atom is -0.350 e. The van der Waals surface area contributed by atoms with E-state index in [1.165, 1.54) is 11.8 Å². The molecule has 0 aliphatic rings. The van der Waals surface area contributed by atoms with E-state index in [0.29, 0.717) is 18.1 Å². The third-order valence-electron chi connectivity index (χ3n) is 3.40. The monoisotopic (exact) mass is 330 g/mol. The Bertz CT molecular complexity index is 656. The van der Waals surface area contributed by atoms with Gasteiger partial charge in [0.25, 0.3) is 0 Å². The van der Waals surface area contributed by atoms with Crippen LogP contribution in [-0.4, -0.2) is 23.3 Å². The molecule has 0 saturated carbocycles. The van der Waals surface area contributed by atoms with E-state index in [0.717, 1.165) is 11.1 Å². The SMILES string of the molecule is CC(=O)N(CC(=O)NCc1ccc(Cl)cc1)Cc1ccccc1. The van der Waals surface area contributed by atoms with Crippen LogP contribution in [0, 0.1) is 0 Å². The molecule has 0 bridgehead atoms. The van der Waals surface area contributed by atoms with Crippen LogP contribution in [0.3, 0.4) is 0 Å². The Balaban J connectivity index is 1.88. The predicted octanol–water partition coefficient (Wildman–Crippen LogP) is 3.00. The van der Waals surface area contributed by atoms with Crippen molar-refractivity contribution in [2.24, 2.45) is 0 Å². The molecule has 0 atom stereocenters. The van der Waals surface area contributed by atoms with Crippen LogP contribution in [0.25, 0.3) is 0 Å².